The zero-order valence-electron chi connectivity index (χ0n) is 10.1. The molecule has 0 aromatic heterocycles. The number of ether oxygens (including phenoxy) is 2. The van der Waals surface area contributed by atoms with Crippen molar-refractivity contribution in [1.29, 1.82) is 0 Å². The molecule has 0 atom stereocenters. The maximum atomic E-state index is 5.38. The van der Waals surface area contributed by atoms with Gasteiger partial charge in [0.2, 0.25) is 0 Å². The molecule has 0 spiro atoms. The van der Waals surface area contributed by atoms with E-state index in [4.69, 9.17) is 9.47 Å². The van der Waals surface area contributed by atoms with Gasteiger partial charge in [0, 0.05) is 11.6 Å². The van der Waals surface area contributed by atoms with E-state index >= 15 is 0 Å². The molecule has 87 valence electrons. The van der Waals surface area contributed by atoms with Crippen molar-refractivity contribution in [1.82, 2.24) is 0 Å². The predicted octanol–water partition coefficient (Wildman–Crippen LogP) is 3.55. The van der Waals surface area contributed by atoms with Crippen LogP contribution in [0.2, 0.25) is 0 Å². The summed E-state index contributed by atoms with van der Waals surface area (Å²) in [5.41, 5.74) is 3.16. The number of benzene rings is 2. The van der Waals surface area contributed by atoms with Gasteiger partial charge in [0.1, 0.15) is 11.5 Å². The number of rotatable bonds is 3. The number of methoxy groups -OCH3 is 2. The van der Waals surface area contributed by atoms with Crippen LogP contribution < -0.4 is 9.47 Å². The van der Waals surface area contributed by atoms with Gasteiger partial charge in [-0.25, -0.2) is 0 Å². The third-order valence-corrected chi connectivity index (χ3v) is 2.67. The van der Waals surface area contributed by atoms with E-state index in [2.05, 4.69) is 6.92 Å². The maximum absolute atomic E-state index is 5.38. The third kappa shape index (κ3) is 2.41. The van der Waals surface area contributed by atoms with E-state index in [-0.39, 0.29) is 0 Å². The first-order chi connectivity index (χ1) is 8.24. The molecule has 2 nitrogen and oxygen atoms in total. The quantitative estimate of drug-likeness (QED) is 0.798. The molecule has 0 unspecified atom stereocenters. The Kier molecular flexibility index (Phi) is 3.33. The second kappa shape index (κ2) is 4.91. The van der Waals surface area contributed by atoms with E-state index < -0.39 is 0 Å². The lowest BCUT2D eigenvalue weighted by Crippen LogP contribution is -1.90. The van der Waals surface area contributed by atoms with E-state index in [0.29, 0.717) is 0 Å². The van der Waals surface area contributed by atoms with Crippen molar-refractivity contribution in [3.8, 4) is 22.6 Å². The van der Waals surface area contributed by atoms with Crippen LogP contribution in [-0.2, 0) is 0 Å². The molecule has 0 amide bonds. The Balaban J connectivity index is 2.47. The first-order valence-corrected chi connectivity index (χ1v) is 5.39. The predicted molar refractivity (Wildman–Crippen MR) is 69.4 cm³/mol. The zero-order valence-corrected chi connectivity index (χ0v) is 10.1. The van der Waals surface area contributed by atoms with Crippen molar-refractivity contribution in [2.45, 2.75) is 0 Å². The summed E-state index contributed by atoms with van der Waals surface area (Å²) >= 11 is 0. The van der Waals surface area contributed by atoms with Crippen LogP contribution >= 0.6 is 0 Å². The van der Waals surface area contributed by atoms with Gasteiger partial charge < -0.3 is 9.47 Å². The van der Waals surface area contributed by atoms with E-state index in [1.54, 1.807) is 14.2 Å². The lowest BCUT2D eigenvalue weighted by atomic mass is 10.0. The minimum Gasteiger partial charge on any atom is -0.497 e. The summed E-state index contributed by atoms with van der Waals surface area (Å²) in [4.78, 5) is 0. The van der Waals surface area contributed by atoms with Gasteiger partial charge in [-0.1, -0.05) is 24.3 Å². The van der Waals surface area contributed by atoms with Gasteiger partial charge in [-0.2, -0.15) is 0 Å². The molecular formula is C15H15O2. The van der Waals surface area contributed by atoms with Crippen LogP contribution in [-0.4, -0.2) is 14.2 Å². The molecule has 0 saturated heterocycles. The Morgan fingerprint density at radius 1 is 0.882 bits per heavy atom. The average molecular weight is 227 g/mol. The number of hydrogen-bond acceptors (Lipinski definition) is 2. The summed E-state index contributed by atoms with van der Waals surface area (Å²) in [5, 5.41) is 0. The average Bonchev–Trinajstić information content (AvgIpc) is 2.39. The van der Waals surface area contributed by atoms with Crippen LogP contribution in [0, 0.1) is 6.92 Å². The molecule has 0 aliphatic carbocycles. The van der Waals surface area contributed by atoms with Gasteiger partial charge in [-0.3, -0.25) is 0 Å². The van der Waals surface area contributed by atoms with Crippen LogP contribution in [0.1, 0.15) is 5.56 Å². The second-order valence-electron chi connectivity index (χ2n) is 3.76. The summed E-state index contributed by atoms with van der Waals surface area (Å²) in [7, 11) is 3.31. The number of hydrogen-bond donors (Lipinski definition) is 0. The largest absolute Gasteiger partial charge is 0.497 e. The minimum atomic E-state index is 0.791. The summed E-state index contributed by atoms with van der Waals surface area (Å²) < 4.78 is 10.6. The van der Waals surface area contributed by atoms with E-state index in [9.17, 15) is 0 Å². The molecule has 2 aromatic carbocycles. The van der Waals surface area contributed by atoms with E-state index in [1.807, 2.05) is 42.5 Å². The fourth-order valence-corrected chi connectivity index (χ4v) is 1.72. The lowest BCUT2D eigenvalue weighted by Gasteiger charge is -2.10. The van der Waals surface area contributed by atoms with Crippen molar-refractivity contribution in [2.75, 3.05) is 14.2 Å². The molecular weight excluding hydrogens is 212 g/mol. The smallest absolute Gasteiger partial charge is 0.130 e. The Morgan fingerprint density at radius 3 is 2.18 bits per heavy atom. The van der Waals surface area contributed by atoms with Crippen LogP contribution in [0.25, 0.3) is 11.1 Å². The summed E-state index contributed by atoms with van der Waals surface area (Å²) in [5.74, 6) is 1.60. The Bertz CT molecular complexity index is 501. The standard InChI is InChI=1S/C15H15O2/c1-11-4-6-12(7-5-11)14-9-8-13(16-2)10-15(14)17-3/h4-10H,1H2,2-3H3. The molecule has 2 heteroatoms. The minimum absolute atomic E-state index is 0.791. The molecule has 2 rings (SSSR count). The van der Waals surface area contributed by atoms with Crippen molar-refractivity contribution in [3.05, 3.63) is 55.0 Å². The molecule has 0 fully saturated rings. The Hall–Kier alpha value is -1.96. The zero-order chi connectivity index (χ0) is 12.3. The fourth-order valence-electron chi connectivity index (χ4n) is 1.72. The first-order valence-electron chi connectivity index (χ1n) is 5.39. The monoisotopic (exact) mass is 227 g/mol. The van der Waals surface area contributed by atoms with Crippen molar-refractivity contribution < 1.29 is 9.47 Å². The SMILES string of the molecule is [CH2]c1ccc(-c2ccc(OC)cc2OC)cc1. The summed E-state index contributed by atoms with van der Waals surface area (Å²) in [6, 6.07) is 13.8. The highest BCUT2D eigenvalue weighted by Crippen LogP contribution is 2.33. The van der Waals surface area contributed by atoms with Gasteiger partial charge in [-0.05, 0) is 30.2 Å². The lowest BCUT2D eigenvalue weighted by molar-refractivity contribution is 0.395. The molecule has 0 heterocycles. The topological polar surface area (TPSA) is 18.5 Å². The van der Waals surface area contributed by atoms with Crippen LogP contribution in [0.3, 0.4) is 0 Å². The fraction of sp³-hybridized carbons (Fsp3) is 0.133. The van der Waals surface area contributed by atoms with Gasteiger partial charge >= 0.3 is 0 Å². The molecule has 0 N–H and O–H groups in total. The molecule has 0 aliphatic rings. The summed E-state index contributed by atoms with van der Waals surface area (Å²) in [6.07, 6.45) is 0. The molecule has 1 radical (unpaired) electrons. The maximum Gasteiger partial charge on any atom is 0.130 e. The summed E-state index contributed by atoms with van der Waals surface area (Å²) in [6.45, 7) is 3.87. The van der Waals surface area contributed by atoms with Crippen molar-refractivity contribution >= 4 is 0 Å². The van der Waals surface area contributed by atoms with Crippen LogP contribution in [0.5, 0.6) is 11.5 Å². The normalized spacial score (nSPS) is 10.1. The molecule has 0 saturated carbocycles. The van der Waals surface area contributed by atoms with Crippen molar-refractivity contribution in [3.63, 3.8) is 0 Å². The van der Waals surface area contributed by atoms with E-state index in [0.717, 1.165) is 28.2 Å². The van der Waals surface area contributed by atoms with Gasteiger partial charge in [0.05, 0.1) is 14.2 Å². The molecule has 17 heavy (non-hydrogen) atoms. The van der Waals surface area contributed by atoms with Crippen molar-refractivity contribution in [2.24, 2.45) is 0 Å². The Labute approximate surface area is 102 Å². The van der Waals surface area contributed by atoms with Gasteiger partial charge in [0.25, 0.3) is 0 Å². The first kappa shape index (κ1) is 11.5. The molecule has 0 bridgehead atoms. The van der Waals surface area contributed by atoms with Crippen LogP contribution in [0.15, 0.2) is 42.5 Å². The van der Waals surface area contributed by atoms with Crippen LogP contribution in [0.4, 0.5) is 0 Å². The van der Waals surface area contributed by atoms with Gasteiger partial charge in [0.15, 0.2) is 0 Å². The van der Waals surface area contributed by atoms with Gasteiger partial charge in [-0.15, -0.1) is 0 Å². The second-order valence-corrected chi connectivity index (χ2v) is 3.76. The molecule has 0 aliphatic heterocycles. The highest BCUT2D eigenvalue weighted by molar-refractivity contribution is 5.71. The third-order valence-electron chi connectivity index (χ3n) is 2.67. The van der Waals surface area contributed by atoms with E-state index in [1.165, 1.54) is 0 Å². The highest BCUT2D eigenvalue weighted by Gasteiger charge is 2.06. The Morgan fingerprint density at radius 2 is 1.59 bits per heavy atom. The highest BCUT2D eigenvalue weighted by atomic mass is 16.5. The molecule has 2 aromatic rings.